The number of oxazole rings is 1. The van der Waals surface area contributed by atoms with E-state index in [0.29, 0.717) is 11.7 Å². The Labute approximate surface area is 161 Å². The van der Waals surface area contributed by atoms with Crippen LogP contribution in [0.1, 0.15) is 34.6 Å². The van der Waals surface area contributed by atoms with Gasteiger partial charge in [-0.25, -0.2) is 22.1 Å². The number of anilines is 1. The molecule has 1 aromatic heterocycles. The average Bonchev–Trinajstić information content (AvgIpc) is 2.92. The minimum absolute atomic E-state index is 0.0137. The first kappa shape index (κ1) is 19.8. The number of rotatable bonds is 3. The minimum atomic E-state index is -3.80. The Kier molecular flexibility index (Phi) is 4.66. The Bertz CT molecular complexity index is 1080. The highest BCUT2D eigenvalue weighted by molar-refractivity contribution is 7.89. The van der Waals surface area contributed by atoms with Gasteiger partial charge >= 0.3 is 0 Å². The van der Waals surface area contributed by atoms with Gasteiger partial charge in [0, 0.05) is 25.2 Å². The highest BCUT2D eigenvalue weighted by Gasteiger charge is 2.43. The maximum atomic E-state index is 14.5. The standard InChI is InChI=1S/C17H20FN5O4S/c1-9-14(20-10(2)27-9)15(24)21-11-5-6-13(18)12(7-11)17(3)8-28(25,26)23(4)16(19)22-17/h5-7H,8H2,1-4H3,(H2,19,22)(H,21,24)/t17-/m0/s1. The molecule has 0 aliphatic carbocycles. The van der Waals surface area contributed by atoms with Crippen LogP contribution in [0.2, 0.25) is 0 Å². The van der Waals surface area contributed by atoms with Gasteiger partial charge in [0.15, 0.2) is 11.6 Å². The number of aryl methyl sites for hydroxylation is 2. The lowest BCUT2D eigenvalue weighted by molar-refractivity contribution is 0.102. The summed E-state index contributed by atoms with van der Waals surface area (Å²) in [5.41, 5.74) is -1.00. The zero-order valence-corrected chi connectivity index (χ0v) is 16.6. The molecule has 28 heavy (non-hydrogen) atoms. The molecular formula is C17H20FN5O4S. The summed E-state index contributed by atoms with van der Waals surface area (Å²) in [6, 6.07) is 3.83. The van der Waals surface area contributed by atoms with Crippen molar-refractivity contribution < 1.29 is 22.0 Å². The third-order valence-electron chi connectivity index (χ3n) is 4.53. The molecule has 3 N–H and O–H groups in total. The summed E-state index contributed by atoms with van der Waals surface area (Å²) in [4.78, 5) is 16.4. The number of nitrogens with zero attached hydrogens (tertiary/aromatic N) is 2. The van der Waals surface area contributed by atoms with Crippen molar-refractivity contribution in [2.24, 2.45) is 0 Å². The Morgan fingerprint density at radius 2 is 2.11 bits per heavy atom. The lowest BCUT2D eigenvalue weighted by Crippen LogP contribution is -2.61. The molecule has 2 heterocycles. The van der Waals surface area contributed by atoms with E-state index in [-0.39, 0.29) is 22.9 Å². The maximum absolute atomic E-state index is 14.5. The molecule has 9 nitrogen and oxygen atoms in total. The van der Waals surface area contributed by atoms with E-state index >= 15 is 0 Å². The number of benzene rings is 1. The van der Waals surface area contributed by atoms with Crippen LogP contribution in [-0.4, -0.2) is 42.4 Å². The molecular weight excluding hydrogens is 389 g/mol. The summed E-state index contributed by atoms with van der Waals surface area (Å²) < 4.78 is 45.2. The Balaban J connectivity index is 1.95. The number of carbonyl (C=O) groups is 1. The van der Waals surface area contributed by atoms with Gasteiger partial charge < -0.3 is 15.1 Å². The topological polar surface area (TPSA) is 128 Å². The van der Waals surface area contributed by atoms with Crippen LogP contribution in [0.4, 0.5) is 10.1 Å². The van der Waals surface area contributed by atoms with Crippen molar-refractivity contribution in [3.63, 3.8) is 0 Å². The lowest BCUT2D eigenvalue weighted by Gasteiger charge is -2.40. The monoisotopic (exact) mass is 409 g/mol. The minimum Gasteiger partial charge on any atom is -0.445 e. The third-order valence-corrected chi connectivity index (χ3v) is 6.49. The Morgan fingerprint density at radius 3 is 2.68 bits per heavy atom. The number of carbonyl (C=O) groups excluding carboxylic acids is 1. The van der Waals surface area contributed by atoms with E-state index in [1.165, 1.54) is 26.1 Å². The van der Waals surface area contributed by atoms with Crippen LogP contribution in [0.15, 0.2) is 22.6 Å². The highest BCUT2D eigenvalue weighted by Crippen LogP contribution is 2.31. The number of halogens is 1. The molecule has 2 aromatic rings. The van der Waals surface area contributed by atoms with Gasteiger partial charge in [0.05, 0.1) is 11.3 Å². The highest BCUT2D eigenvalue weighted by atomic mass is 32.2. The van der Waals surface area contributed by atoms with Crippen LogP contribution in [-0.2, 0) is 15.6 Å². The summed E-state index contributed by atoms with van der Waals surface area (Å²) in [7, 11) is -2.55. The summed E-state index contributed by atoms with van der Waals surface area (Å²) in [5.74, 6) is -1.32. The second kappa shape index (κ2) is 6.59. The van der Waals surface area contributed by atoms with Crippen LogP contribution in [0.5, 0.6) is 0 Å². The SMILES string of the molecule is Cc1nc(C(=O)Nc2ccc(F)c([C@]3(C)CS(=O)(=O)N(C)C(=N)N3)c2)c(C)o1. The van der Waals surface area contributed by atoms with Gasteiger partial charge in [0.1, 0.15) is 11.6 Å². The predicted octanol–water partition coefficient (Wildman–Crippen LogP) is 1.70. The molecule has 0 radical (unpaired) electrons. The molecule has 1 aromatic carbocycles. The van der Waals surface area contributed by atoms with Crippen molar-refractivity contribution in [2.45, 2.75) is 26.3 Å². The molecule has 0 spiro atoms. The third kappa shape index (κ3) is 3.44. The van der Waals surface area contributed by atoms with E-state index in [1.807, 2.05) is 0 Å². The number of guanidine groups is 1. The summed E-state index contributed by atoms with van der Waals surface area (Å²) in [6.45, 7) is 4.70. The van der Waals surface area contributed by atoms with Gasteiger partial charge in [-0.15, -0.1) is 0 Å². The largest absolute Gasteiger partial charge is 0.445 e. The van der Waals surface area contributed by atoms with Crippen molar-refractivity contribution in [1.29, 1.82) is 5.41 Å². The molecule has 1 aliphatic heterocycles. The van der Waals surface area contributed by atoms with E-state index in [2.05, 4.69) is 15.6 Å². The molecule has 0 unspecified atom stereocenters. The van der Waals surface area contributed by atoms with Crippen LogP contribution in [0, 0.1) is 25.1 Å². The van der Waals surface area contributed by atoms with Crippen LogP contribution < -0.4 is 10.6 Å². The first-order valence-electron chi connectivity index (χ1n) is 8.32. The van der Waals surface area contributed by atoms with E-state index < -0.39 is 33.0 Å². The van der Waals surface area contributed by atoms with Crippen LogP contribution in [0.25, 0.3) is 0 Å². The quantitative estimate of drug-likeness (QED) is 0.708. The maximum Gasteiger partial charge on any atom is 0.277 e. The van der Waals surface area contributed by atoms with Gasteiger partial charge in [-0.05, 0) is 32.0 Å². The lowest BCUT2D eigenvalue weighted by atomic mass is 9.93. The van der Waals surface area contributed by atoms with Crippen LogP contribution in [0.3, 0.4) is 0 Å². The summed E-state index contributed by atoms with van der Waals surface area (Å²) in [6.07, 6.45) is 0. The first-order valence-corrected chi connectivity index (χ1v) is 9.92. The normalized spacial score (nSPS) is 21.3. The number of aromatic nitrogens is 1. The molecule has 150 valence electrons. The second-order valence-corrected chi connectivity index (χ2v) is 8.82. The fraction of sp³-hybridized carbons (Fsp3) is 0.353. The number of nitrogens with one attached hydrogen (secondary N) is 3. The molecule has 0 bridgehead atoms. The molecule has 1 saturated heterocycles. The zero-order valence-electron chi connectivity index (χ0n) is 15.8. The van der Waals surface area contributed by atoms with Gasteiger partial charge in [-0.3, -0.25) is 10.2 Å². The fourth-order valence-electron chi connectivity index (χ4n) is 3.08. The molecule has 11 heteroatoms. The van der Waals surface area contributed by atoms with Crippen molar-refractivity contribution in [1.82, 2.24) is 14.6 Å². The Hall–Kier alpha value is -2.95. The van der Waals surface area contributed by atoms with Crippen molar-refractivity contribution in [3.8, 4) is 0 Å². The molecule has 3 rings (SSSR count). The van der Waals surface area contributed by atoms with Gasteiger partial charge in [0.2, 0.25) is 16.0 Å². The van der Waals surface area contributed by atoms with E-state index in [0.717, 1.165) is 10.4 Å². The van der Waals surface area contributed by atoms with Crippen molar-refractivity contribution >= 4 is 27.6 Å². The number of hydrogen-bond acceptors (Lipinski definition) is 6. The summed E-state index contributed by atoms with van der Waals surface area (Å²) in [5, 5.41) is 13.2. The molecule has 1 amide bonds. The fourth-order valence-corrected chi connectivity index (χ4v) is 4.55. The van der Waals surface area contributed by atoms with Crippen LogP contribution >= 0.6 is 0 Å². The van der Waals surface area contributed by atoms with E-state index in [1.54, 1.807) is 13.8 Å². The molecule has 1 atom stereocenters. The average molecular weight is 409 g/mol. The van der Waals surface area contributed by atoms with Gasteiger partial charge in [-0.1, -0.05) is 0 Å². The summed E-state index contributed by atoms with van der Waals surface area (Å²) >= 11 is 0. The number of sulfonamides is 1. The van der Waals surface area contributed by atoms with E-state index in [4.69, 9.17) is 9.83 Å². The Morgan fingerprint density at radius 1 is 1.43 bits per heavy atom. The van der Waals surface area contributed by atoms with Gasteiger partial charge in [-0.2, -0.15) is 0 Å². The van der Waals surface area contributed by atoms with E-state index in [9.17, 15) is 17.6 Å². The predicted molar refractivity (Wildman–Crippen MR) is 100 cm³/mol. The van der Waals surface area contributed by atoms with Gasteiger partial charge in [0.25, 0.3) is 5.91 Å². The first-order chi connectivity index (χ1) is 12.9. The van der Waals surface area contributed by atoms with Crippen molar-refractivity contribution in [2.75, 3.05) is 18.1 Å². The molecule has 1 fully saturated rings. The molecule has 0 saturated carbocycles. The van der Waals surface area contributed by atoms with Crippen molar-refractivity contribution in [3.05, 3.63) is 46.9 Å². The number of amides is 1. The zero-order chi connectivity index (χ0) is 20.9. The number of hydrogen-bond donors (Lipinski definition) is 3. The second-order valence-electron chi connectivity index (χ2n) is 6.82. The molecule has 1 aliphatic rings. The smallest absolute Gasteiger partial charge is 0.277 e.